The maximum absolute atomic E-state index is 12.8. The van der Waals surface area contributed by atoms with Crippen LogP contribution >= 0.6 is 0 Å². The van der Waals surface area contributed by atoms with E-state index in [2.05, 4.69) is 5.32 Å². The van der Waals surface area contributed by atoms with Gasteiger partial charge in [0.2, 0.25) is 11.8 Å². The number of amides is 2. The SMILES string of the molecule is CCN1C(=O)[C@H]2[C@@H](C1=O)[C@@](C)(C(=O)OC)N[C@H]2c1ccc(C)cc1. The Hall–Kier alpha value is -2.21. The summed E-state index contributed by atoms with van der Waals surface area (Å²) >= 11 is 0. The zero-order chi connectivity index (χ0) is 17.6. The molecular formula is C18H22N2O4. The number of rotatable bonds is 3. The molecule has 1 N–H and O–H groups in total. The Kier molecular flexibility index (Phi) is 3.95. The molecular weight excluding hydrogens is 308 g/mol. The molecule has 0 radical (unpaired) electrons. The Morgan fingerprint density at radius 2 is 1.88 bits per heavy atom. The van der Waals surface area contributed by atoms with Crippen LogP contribution in [0.25, 0.3) is 0 Å². The minimum Gasteiger partial charge on any atom is -0.468 e. The third-order valence-electron chi connectivity index (χ3n) is 5.24. The van der Waals surface area contributed by atoms with E-state index in [9.17, 15) is 14.4 Å². The Labute approximate surface area is 141 Å². The topological polar surface area (TPSA) is 75.7 Å². The standard InChI is InChI=1S/C18H22N2O4/c1-5-20-15(21)12-13(16(20)22)18(3,17(23)24-4)19-14(12)11-8-6-10(2)7-9-11/h6-9,12-14,19H,5H2,1-4H3/t12-,13-,14-,18-/m0/s1. The summed E-state index contributed by atoms with van der Waals surface area (Å²) < 4.78 is 4.92. The number of hydrogen-bond donors (Lipinski definition) is 1. The quantitative estimate of drug-likeness (QED) is 0.665. The van der Waals surface area contributed by atoms with Gasteiger partial charge in [0, 0.05) is 12.6 Å². The number of esters is 1. The van der Waals surface area contributed by atoms with Gasteiger partial charge >= 0.3 is 5.97 Å². The number of benzene rings is 1. The normalized spacial score (nSPS) is 32.2. The lowest BCUT2D eigenvalue weighted by Crippen LogP contribution is -2.53. The molecule has 2 fully saturated rings. The second-order valence-electron chi connectivity index (χ2n) is 6.65. The molecule has 0 saturated carbocycles. The van der Waals surface area contributed by atoms with Crippen LogP contribution in [0.15, 0.2) is 24.3 Å². The largest absolute Gasteiger partial charge is 0.468 e. The van der Waals surface area contributed by atoms with Crippen molar-refractivity contribution in [3.63, 3.8) is 0 Å². The van der Waals surface area contributed by atoms with Crippen molar-refractivity contribution in [2.24, 2.45) is 11.8 Å². The molecule has 2 amide bonds. The first-order valence-corrected chi connectivity index (χ1v) is 8.13. The van der Waals surface area contributed by atoms with E-state index in [0.717, 1.165) is 11.1 Å². The van der Waals surface area contributed by atoms with Crippen LogP contribution in [-0.4, -0.2) is 41.9 Å². The molecule has 0 aromatic heterocycles. The molecule has 1 aromatic carbocycles. The van der Waals surface area contributed by atoms with Gasteiger partial charge in [-0.15, -0.1) is 0 Å². The summed E-state index contributed by atoms with van der Waals surface area (Å²) in [5, 5.41) is 3.22. The number of likely N-dealkylation sites (tertiary alicyclic amines) is 1. The van der Waals surface area contributed by atoms with E-state index in [1.807, 2.05) is 31.2 Å². The van der Waals surface area contributed by atoms with Gasteiger partial charge in [0.15, 0.2) is 0 Å². The summed E-state index contributed by atoms with van der Waals surface area (Å²) in [5.41, 5.74) is 0.779. The molecule has 2 aliphatic rings. The highest BCUT2D eigenvalue weighted by Gasteiger charge is 2.66. The molecule has 2 aliphatic heterocycles. The fourth-order valence-corrected chi connectivity index (χ4v) is 3.97. The Bertz CT molecular complexity index is 699. The molecule has 0 spiro atoms. The summed E-state index contributed by atoms with van der Waals surface area (Å²) in [4.78, 5) is 39.2. The maximum Gasteiger partial charge on any atom is 0.326 e. The molecule has 2 heterocycles. The highest BCUT2D eigenvalue weighted by atomic mass is 16.5. The van der Waals surface area contributed by atoms with Gasteiger partial charge in [0.1, 0.15) is 5.54 Å². The molecule has 24 heavy (non-hydrogen) atoms. The molecule has 0 bridgehead atoms. The van der Waals surface area contributed by atoms with Crippen LogP contribution in [0.1, 0.15) is 31.0 Å². The van der Waals surface area contributed by atoms with Gasteiger partial charge in [-0.05, 0) is 26.3 Å². The summed E-state index contributed by atoms with van der Waals surface area (Å²) in [5.74, 6) is -2.39. The predicted octanol–water partition coefficient (Wildman–Crippen LogP) is 1.19. The second kappa shape index (κ2) is 5.70. The van der Waals surface area contributed by atoms with Gasteiger partial charge in [-0.1, -0.05) is 29.8 Å². The van der Waals surface area contributed by atoms with E-state index in [4.69, 9.17) is 4.74 Å². The Morgan fingerprint density at radius 3 is 2.42 bits per heavy atom. The summed E-state index contributed by atoms with van der Waals surface area (Å²) in [6, 6.07) is 7.38. The summed E-state index contributed by atoms with van der Waals surface area (Å²) in [6.07, 6.45) is 0. The first-order valence-electron chi connectivity index (χ1n) is 8.13. The van der Waals surface area contributed by atoms with Crippen LogP contribution in [-0.2, 0) is 19.1 Å². The lowest BCUT2D eigenvalue weighted by atomic mass is 9.80. The molecule has 4 atom stereocenters. The zero-order valence-electron chi connectivity index (χ0n) is 14.3. The van der Waals surface area contributed by atoms with Crippen LogP contribution in [0.4, 0.5) is 0 Å². The van der Waals surface area contributed by atoms with Gasteiger partial charge in [-0.2, -0.15) is 0 Å². The van der Waals surface area contributed by atoms with Gasteiger partial charge < -0.3 is 4.74 Å². The third-order valence-corrected chi connectivity index (χ3v) is 5.24. The third kappa shape index (κ3) is 2.17. The Balaban J connectivity index is 2.09. The molecule has 6 heteroatoms. The van der Waals surface area contributed by atoms with E-state index in [1.54, 1.807) is 13.8 Å². The summed E-state index contributed by atoms with van der Waals surface area (Å²) in [7, 11) is 1.29. The first kappa shape index (κ1) is 16.6. The van der Waals surface area contributed by atoms with Crippen molar-refractivity contribution < 1.29 is 19.1 Å². The number of hydrogen-bond acceptors (Lipinski definition) is 5. The van der Waals surface area contributed by atoms with Crippen LogP contribution in [0.2, 0.25) is 0 Å². The highest BCUT2D eigenvalue weighted by Crippen LogP contribution is 2.48. The number of carbonyl (C=O) groups excluding carboxylic acids is 3. The molecule has 6 nitrogen and oxygen atoms in total. The number of ether oxygens (including phenoxy) is 1. The molecule has 0 aliphatic carbocycles. The molecule has 128 valence electrons. The number of methoxy groups -OCH3 is 1. The predicted molar refractivity (Wildman–Crippen MR) is 86.9 cm³/mol. The number of imide groups is 1. The first-order chi connectivity index (χ1) is 11.3. The van der Waals surface area contributed by atoms with E-state index in [-0.39, 0.29) is 11.8 Å². The van der Waals surface area contributed by atoms with E-state index in [0.29, 0.717) is 6.54 Å². The fraction of sp³-hybridized carbons (Fsp3) is 0.500. The van der Waals surface area contributed by atoms with Gasteiger partial charge in [0.25, 0.3) is 0 Å². The van der Waals surface area contributed by atoms with Crippen molar-refractivity contribution in [2.75, 3.05) is 13.7 Å². The van der Waals surface area contributed by atoms with Crippen LogP contribution < -0.4 is 5.32 Å². The molecule has 0 unspecified atom stereocenters. The van der Waals surface area contributed by atoms with Gasteiger partial charge in [-0.3, -0.25) is 24.6 Å². The van der Waals surface area contributed by atoms with E-state index >= 15 is 0 Å². The maximum atomic E-state index is 12.8. The van der Waals surface area contributed by atoms with Gasteiger partial charge in [0.05, 0.1) is 18.9 Å². The average molecular weight is 330 g/mol. The van der Waals surface area contributed by atoms with E-state index in [1.165, 1.54) is 12.0 Å². The Morgan fingerprint density at radius 1 is 1.25 bits per heavy atom. The number of aryl methyl sites for hydroxylation is 1. The fourth-order valence-electron chi connectivity index (χ4n) is 3.97. The smallest absolute Gasteiger partial charge is 0.326 e. The van der Waals surface area contributed by atoms with Crippen LogP contribution in [0.3, 0.4) is 0 Å². The van der Waals surface area contributed by atoms with Crippen LogP contribution in [0, 0.1) is 18.8 Å². The summed E-state index contributed by atoms with van der Waals surface area (Å²) in [6.45, 7) is 5.70. The second-order valence-corrected chi connectivity index (χ2v) is 6.65. The average Bonchev–Trinajstić information content (AvgIpc) is 3.02. The molecule has 1 aromatic rings. The molecule has 3 rings (SSSR count). The lowest BCUT2D eigenvalue weighted by molar-refractivity contribution is -0.153. The van der Waals surface area contributed by atoms with Crippen molar-refractivity contribution in [1.29, 1.82) is 0 Å². The van der Waals surface area contributed by atoms with Crippen molar-refractivity contribution in [1.82, 2.24) is 10.2 Å². The molecule has 2 saturated heterocycles. The van der Waals surface area contributed by atoms with Crippen molar-refractivity contribution in [3.05, 3.63) is 35.4 Å². The number of nitrogens with zero attached hydrogens (tertiary/aromatic N) is 1. The monoisotopic (exact) mass is 330 g/mol. The van der Waals surface area contributed by atoms with Gasteiger partial charge in [-0.25, -0.2) is 0 Å². The lowest BCUT2D eigenvalue weighted by Gasteiger charge is -2.28. The van der Waals surface area contributed by atoms with Crippen LogP contribution in [0.5, 0.6) is 0 Å². The highest BCUT2D eigenvalue weighted by molar-refractivity contribution is 6.09. The number of carbonyl (C=O) groups is 3. The number of fused-ring (bicyclic) bond motifs is 1. The number of nitrogens with one attached hydrogen (secondary N) is 1. The minimum absolute atomic E-state index is 0.224. The van der Waals surface area contributed by atoms with Crippen molar-refractivity contribution >= 4 is 17.8 Å². The van der Waals surface area contributed by atoms with Crippen molar-refractivity contribution in [3.8, 4) is 0 Å². The minimum atomic E-state index is -1.22. The zero-order valence-corrected chi connectivity index (χ0v) is 14.3. The van der Waals surface area contributed by atoms with E-state index < -0.39 is 29.4 Å². The van der Waals surface area contributed by atoms with Crippen molar-refractivity contribution in [2.45, 2.75) is 32.4 Å².